The van der Waals surface area contributed by atoms with Gasteiger partial charge in [0.2, 0.25) is 0 Å². The zero-order valence-electron chi connectivity index (χ0n) is 15.2. The highest BCUT2D eigenvalue weighted by Crippen LogP contribution is 2.24. The number of halogens is 1. The monoisotopic (exact) mass is 382 g/mol. The third kappa shape index (κ3) is 4.09. The second kappa shape index (κ2) is 7.00. The molecule has 138 valence electrons. The molecule has 3 aromatic rings. The molecule has 2 aromatic carbocycles. The highest BCUT2D eigenvalue weighted by Gasteiger charge is 2.13. The lowest BCUT2D eigenvalue weighted by atomic mass is 9.87. The Morgan fingerprint density at radius 1 is 1.15 bits per heavy atom. The maximum absolute atomic E-state index is 12.3. The molecule has 0 saturated heterocycles. The molecule has 27 heavy (non-hydrogen) atoms. The van der Waals surface area contributed by atoms with Gasteiger partial charge in [-0.1, -0.05) is 56.6 Å². The lowest BCUT2D eigenvalue weighted by Gasteiger charge is -2.18. The summed E-state index contributed by atoms with van der Waals surface area (Å²) in [5.41, 5.74) is 2.09. The largest absolute Gasteiger partial charge is 0.478 e. The van der Waals surface area contributed by atoms with Crippen molar-refractivity contribution < 1.29 is 9.90 Å². The summed E-state index contributed by atoms with van der Waals surface area (Å²) in [6, 6.07) is 12.1. The predicted molar refractivity (Wildman–Crippen MR) is 108 cm³/mol. The van der Waals surface area contributed by atoms with Crippen LogP contribution in [0.25, 0.3) is 22.0 Å². The molecule has 0 aliphatic carbocycles. The lowest BCUT2D eigenvalue weighted by molar-refractivity contribution is 0.0697. The molecule has 0 aliphatic heterocycles. The van der Waals surface area contributed by atoms with Crippen LogP contribution in [0, 0.1) is 0 Å². The molecule has 5 nitrogen and oxygen atoms in total. The smallest absolute Gasteiger partial charge is 0.335 e. The Bertz CT molecular complexity index is 1110. The molecule has 3 rings (SSSR count). The van der Waals surface area contributed by atoms with Crippen LogP contribution in [0.1, 0.15) is 48.1 Å². The second-order valence-corrected chi connectivity index (χ2v) is 7.72. The number of benzene rings is 2. The number of hydrogen-bond acceptors (Lipinski definition) is 3. The number of rotatable bonds is 3. The molecule has 0 bridgehead atoms. The third-order valence-electron chi connectivity index (χ3n) is 4.25. The fraction of sp³-hybridized carbons (Fsp3) is 0.190. The van der Waals surface area contributed by atoms with Crippen molar-refractivity contribution >= 4 is 39.6 Å². The van der Waals surface area contributed by atoms with Crippen molar-refractivity contribution in [3.63, 3.8) is 0 Å². The van der Waals surface area contributed by atoms with E-state index < -0.39 is 5.97 Å². The molecule has 0 aliphatic rings. The Morgan fingerprint density at radius 2 is 1.81 bits per heavy atom. The van der Waals surface area contributed by atoms with Crippen LogP contribution >= 0.6 is 11.6 Å². The van der Waals surface area contributed by atoms with Gasteiger partial charge in [0.05, 0.1) is 21.5 Å². The minimum atomic E-state index is -1.08. The molecule has 1 aromatic heterocycles. The average Bonchev–Trinajstić information content (AvgIpc) is 2.60. The third-order valence-corrected chi connectivity index (χ3v) is 4.54. The van der Waals surface area contributed by atoms with Crippen LogP contribution in [-0.4, -0.2) is 21.0 Å². The number of fused-ring (bicyclic) bond motifs is 1. The number of nitrogens with zero attached hydrogens (tertiary/aromatic N) is 1. The summed E-state index contributed by atoms with van der Waals surface area (Å²) in [6.45, 7) is 6.42. The van der Waals surface area contributed by atoms with Gasteiger partial charge in [-0.25, -0.2) is 9.78 Å². The molecule has 0 radical (unpaired) electrons. The highest BCUT2D eigenvalue weighted by molar-refractivity contribution is 6.50. The van der Waals surface area contributed by atoms with Crippen molar-refractivity contribution in [3.05, 3.63) is 75.3 Å². The Labute approximate surface area is 161 Å². The van der Waals surface area contributed by atoms with E-state index in [0.29, 0.717) is 5.39 Å². The van der Waals surface area contributed by atoms with Crippen LogP contribution in [0.4, 0.5) is 0 Å². The van der Waals surface area contributed by atoms with Gasteiger partial charge in [0.25, 0.3) is 5.56 Å². The molecule has 0 unspecified atom stereocenters. The number of hydrogen-bond donors (Lipinski definition) is 2. The minimum Gasteiger partial charge on any atom is -0.478 e. The van der Waals surface area contributed by atoms with Crippen LogP contribution in [0.3, 0.4) is 0 Å². The van der Waals surface area contributed by atoms with Crippen LogP contribution in [0.15, 0.2) is 47.3 Å². The van der Waals surface area contributed by atoms with Gasteiger partial charge in [-0.3, -0.25) is 4.79 Å². The summed E-state index contributed by atoms with van der Waals surface area (Å²) in [4.78, 5) is 30.4. The van der Waals surface area contributed by atoms with Gasteiger partial charge >= 0.3 is 5.97 Å². The molecule has 0 atom stereocenters. The standard InChI is InChI=1S/C21H19ClN2O3/c1-21(2,3)14-7-4-12(5-8-14)10-16(22)18-23-17-11-13(20(26)27)6-9-15(17)19(25)24-18/h4-11H,1-3H3,(H,26,27)(H,23,24,25)/b16-10+. The maximum Gasteiger partial charge on any atom is 0.335 e. The number of carboxylic acids is 1. The van der Waals surface area contributed by atoms with E-state index in [-0.39, 0.29) is 32.9 Å². The zero-order chi connectivity index (χ0) is 19.8. The van der Waals surface area contributed by atoms with E-state index in [2.05, 4.69) is 30.7 Å². The number of aromatic carboxylic acids is 1. The van der Waals surface area contributed by atoms with E-state index in [9.17, 15) is 9.59 Å². The Kier molecular flexibility index (Phi) is 4.89. The first kappa shape index (κ1) is 18.9. The van der Waals surface area contributed by atoms with Gasteiger partial charge in [0.15, 0.2) is 5.82 Å². The van der Waals surface area contributed by atoms with Gasteiger partial charge in [0, 0.05) is 0 Å². The zero-order valence-corrected chi connectivity index (χ0v) is 16.0. The second-order valence-electron chi connectivity index (χ2n) is 7.32. The summed E-state index contributed by atoms with van der Waals surface area (Å²) < 4.78 is 0. The summed E-state index contributed by atoms with van der Waals surface area (Å²) in [7, 11) is 0. The van der Waals surface area contributed by atoms with Gasteiger partial charge in [-0.05, 0) is 40.8 Å². The first-order valence-electron chi connectivity index (χ1n) is 8.40. The van der Waals surface area contributed by atoms with E-state index >= 15 is 0 Å². The van der Waals surface area contributed by atoms with E-state index in [1.165, 1.54) is 23.8 Å². The summed E-state index contributed by atoms with van der Waals surface area (Å²) in [6.07, 6.45) is 1.71. The van der Waals surface area contributed by atoms with E-state index in [1.807, 2.05) is 24.3 Å². The normalized spacial score (nSPS) is 12.4. The minimum absolute atomic E-state index is 0.0546. The SMILES string of the molecule is CC(C)(C)c1ccc(/C=C(/Cl)c2nc3cc(C(=O)O)ccc3c(=O)[nH]2)cc1. The molecule has 0 amide bonds. The average molecular weight is 383 g/mol. The molecule has 0 spiro atoms. The van der Waals surface area contributed by atoms with E-state index in [4.69, 9.17) is 16.7 Å². The number of H-pyrrole nitrogens is 1. The number of aromatic amines is 1. The lowest BCUT2D eigenvalue weighted by Crippen LogP contribution is -2.11. The number of carboxylic acid groups (broad SMARTS) is 1. The topological polar surface area (TPSA) is 83.0 Å². The maximum atomic E-state index is 12.3. The molecular formula is C21H19ClN2O3. The quantitative estimate of drug-likeness (QED) is 0.690. The highest BCUT2D eigenvalue weighted by atomic mass is 35.5. The van der Waals surface area contributed by atoms with Crippen molar-refractivity contribution in [1.82, 2.24) is 9.97 Å². The van der Waals surface area contributed by atoms with Crippen LogP contribution in [0.2, 0.25) is 0 Å². The molecule has 2 N–H and O–H groups in total. The first-order valence-corrected chi connectivity index (χ1v) is 8.78. The van der Waals surface area contributed by atoms with Crippen molar-refractivity contribution in [2.45, 2.75) is 26.2 Å². The van der Waals surface area contributed by atoms with Gasteiger partial charge in [0.1, 0.15) is 0 Å². The number of aromatic nitrogens is 2. The van der Waals surface area contributed by atoms with E-state index in [0.717, 1.165) is 5.56 Å². The van der Waals surface area contributed by atoms with Crippen molar-refractivity contribution in [1.29, 1.82) is 0 Å². The van der Waals surface area contributed by atoms with Crippen molar-refractivity contribution in [2.24, 2.45) is 0 Å². The van der Waals surface area contributed by atoms with Crippen molar-refractivity contribution in [2.75, 3.05) is 0 Å². The summed E-state index contributed by atoms with van der Waals surface area (Å²) >= 11 is 6.36. The predicted octanol–water partition coefficient (Wildman–Crippen LogP) is 4.66. The fourth-order valence-corrected chi connectivity index (χ4v) is 2.90. The molecule has 0 saturated carbocycles. The first-order chi connectivity index (χ1) is 12.6. The van der Waals surface area contributed by atoms with E-state index in [1.54, 1.807) is 6.08 Å². The van der Waals surface area contributed by atoms with Crippen LogP contribution in [-0.2, 0) is 5.41 Å². The molecular weight excluding hydrogens is 364 g/mol. The Hall–Kier alpha value is -2.92. The Morgan fingerprint density at radius 3 is 2.41 bits per heavy atom. The van der Waals surface area contributed by atoms with Crippen molar-refractivity contribution in [3.8, 4) is 0 Å². The fourth-order valence-electron chi connectivity index (χ4n) is 2.68. The Balaban J connectivity index is 2.01. The number of carbonyl (C=O) groups is 1. The number of nitrogens with one attached hydrogen (secondary N) is 1. The van der Waals surface area contributed by atoms with Crippen LogP contribution in [0.5, 0.6) is 0 Å². The summed E-state index contributed by atoms with van der Waals surface area (Å²) in [5.74, 6) is -0.891. The molecule has 6 heteroatoms. The summed E-state index contributed by atoms with van der Waals surface area (Å²) in [5, 5.41) is 9.69. The molecule has 1 heterocycles. The van der Waals surface area contributed by atoms with Crippen LogP contribution < -0.4 is 5.56 Å². The van der Waals surface area contributed by atoms with Gasteiger partial charge < -0.3 is 10.1 Å². The van der Waals surface area contributed by atoms with Gasteiger partial charge in [-0.2, -0.15) is 0 Å². The van der Waals surface area contributed by atoms with Gasteiger partial charge in [-0.15, -0.1) is 0 Å². The molecule has 0 fully saturated rings.